The molecule has 1 aliphatic carbocycles. The molecule has 2 N–H and O–H groups in total. The van der Waals surface area contributed by atoms with Gasteiger partial charge in [-0.05, 0) is 46.0 Å². The topological polar surface area (TPSA) is 75.6 Å². The molecular formula is C25H21ClFNO4S. The van der Waals surface area contributed by atoms with Gasteiger partial charge in [0.15, 0.2) is 0 Å². The van der Waals surface area contributed by atoms with E-state index < -0.39 is 23.9 Å². The molecule has 0 saturated carbocycles. The minimum Gasteiger partial charge on any atom is -0.480 e. The number of benzene rings is 3. The maximum atomic E-state index is 13.8. The fourth-order valence-electron chi connectivity index (χ4n) is 3.90. The quantitative estimate of drug-likeness (QED) is 0.428. The number of nitrogens with one attached hydrogen (secondary N) is 1. The summed E-state index contributed by atoms with van der Waals surface area (Å²) < 4.78 is 19.3. The second-order valence-corrected chi connectivity index (χ2v) is 9.08. The van der Waals surface area contributed by atoms with Crippen LogP contribution in [-0.2, 0) is 15.3 Å². The number of aliphatic carboxylic acids is 1. The molecule has 0 spiro atoms. The summed E-state index contributed by atoms with van der Waals surface area (Å²) in [6, 6.07) is 18.9. The standard InChI is InChI=1S/C25H21ClFNO4S/c26-16-9-10-22(27)15(11-16)13-33-14-23(24(29)30)28-25(31)32-12-21-19-7-3-1-5-17(19)18-6-2-4-8-20(18)21/h1-11,21,23H,12-14H2,(H,28,31)(H,29,30). The van der Waals surface area contributed by atoms with Crippen LogP contribution in [0.3, 0.4) is 0 Å². The van der Waals surface area contributed by atoms with Crippen LogP contribution in [0.4, 0.5) is 9.18 Å². The van der Waals surface area contributed by atoms with Crippen LogP contribution in [0.15, 0.2) is 66.7 Å². The summed E-state index contributed by atoms with van der Waals surface area (Å²) in [6.45, 7) is 0.0903. The Hall–Kier alpha value is -3.03. The lowest BCUT2D eigenvalue weighted by atomic mass is 9.98. The van der Waals surface area contributed by atoms with Crippen molar-refractivity contribution in [2.75, 3.05) is 12.4 Å². The molecule has 33 heavy (non-hydrogen) atoms. The van der Waals surface area contributed by atoms with E-state index >= 15 is 0 Å². The van der Waals surface area contributed by atoms with Crippen LogP contribution in [0, 0.1) is 5.82 Å². The maximum Gasteiger partial charge on any atom is 0.407 e. The maximum absolute atomic E-state index is 13.8. The Labute approximate surface area is 199 Å². The number of alkyl carbamates (subject to hydrolysis) is 1. The summed E-state index contributed by atoms with van der Waals surface area (Å²) in [5.74, 6) is -1.45. The van der Waals surface area contributed by atoms with E-state index in [2.05, 4.69) is 5.32 Å². The zero-order valence-electron chi connectivity index (χ0n) is 17.5. The van der Waals surface area contributed by atoms with Crippen molar-refractivity contribution in [3.8, 4) is 11.1 Å². The van der Waals surface area contributed by atoms with E-state index in [4.69, 9.17) is 16.3 Å². The first kappa shape index (κ1) is 23.1. The van der Waals surface area contributed by atoms with E-state index in [1.807, 2.05) is 48.5 Å². The van der Waals surface area contributed by atoms with Crippen molar-refractivity contribution in [2.24, 2.45) is 0 Å². The smallest absolute Gasteiger partial charge is 0.407 e. The second-order valence-electron chi connectivity index (χ2n) is 7.61. The molecule has 1 unspecified atom stereocenters. The summed E-state index contributed by atoms with van der Waals surface area (Å²) in [4.78, 5) is 24.0. The van der Waals surface area contributed by atoms with Gasteiger partial charge in [0, 0.05) is 22.4 Å². The Bertz CT molecular complexity index is 1140. The minimum atomic E-state index is -1.19. The number of amides is 1. The SMILES string of the molecule is O=C(NC(CSCc1cc(Cl)ccc1F)C(=O)O)OCC1c2ccccc2-c2ccccc21. The average molecular weight is 486 g/mol. The number of ether oxygens (including phenoxy) is 1. The number of hydrogen-bond acceptors (Lipinski definition) is 4. The van der Waals surface area contributed by atoms with Crippen LogP contribution < -0.4 is 5.32 Å². The monoisotopic (exact) mass is 485 g/mol. The normalized spacial score (nSPS) is 13.2. The minimum absolute atomic E-state index is 0.0471. The first-order chi connectivity index (χ1) is 15.9. The largest absolute Gasteiger partial charge is 0.480 e. The molecule has 1 aliphatic rings. The van der Waals surface area contributed by atoms with Gasteiger partial charge in [-0.1, -0.05) is 60.1 Å². The highest BCUT2D eigenvalue weighted by molar-refractivity contribution is 7.98. The van der Waals surface area contributed by atoms with Gasteiger partial charge in [-0.3, -0.25) is 0 Å². The van der Waals surface area contributed by atoms with E-state index in [1.165, 1.54) is 30.0 Å². The second kappa shape index (κ2) is 10.3. The summed E-state index contributed by atoms with van der Waals surface area (Å²) in [7, 11) is 0. The molecule has 4 rings (SSSR count). The van der Waals surface area contributed by atoms with E-state index in [1.54, 1.807) is 0 Å². The van der Waals surface area contributed by atoms with Crippen LogP contribution in [0.5, 0.6) is 0 Å². The Balaban J connectivity index is 1.34. The molecule has 0 aliphatic heterocycles. The third-order valence-electron chi connectivity index (χ3n) is 5.48. The number of carbonyl (C=O) groups is 2. The van der Waals surface area contributed by atoms with Crippen molar-refractivity contribution in [3.63, 3.8) is 0 Å². The van der Waals surface area contributed by atoms with Crippen molar-refractivity contribution in [2.45, 2.75) is 17.7 Å². The van der Waals surface area contributed by atoms with Crippen molar-refractivity contribution in [1.29, 1.82) is 0 Å². The first-order valence-electron chi connectivity index (χ1n) is 10.3. The van der Waals surface area contributed by atoms with Gasteiger partial charge < -0.3 is 15.2 Å². The fourth-order valence-corrected chi connectivity index (χ4v) is 5.11. The van der Waals surface area contributed by atoms with E-state index in [-0.39, 0.29) is 24.0 Å². The number of rotatable bonds is 8. The summed E-state index contributed by atoms with van der Waals surface area (Å²) in [5, 5.41) is 12.3. The lowest BCUT2D eigenvalue weighted by Gasteiger charge is -2.17. The fraction of sp³-hybridized carbons (Fsp3) is 0.200. The predicted octanol–water partition coefficient (Wildman–Crippen LogP) is 5.70. The van der Waals surface area contributed by atoms with Gasteiger partial charge in [0.05, 0.1) is 0 Å². The number of carboxylic acid groups (broad SMARTS) is 1. The van der Waals surface area contributed by atoms with Crippen LogP contribution in [0.25, 0.3) is 11.1 Å². The van der Waals surface area contributed by atoms with Gasteiger partial charge in [0.2, 0.25) is 0 Å². The number of halogens is 2. The van der Waals surface area contributed by atoms with Gasteiger partial charge in [-0.2, -0.15) is 11.8 Å². The molecule has 0 heterocycles. The Kier molecular flexibility index (Phi) is 7.20. The van der Waals surface area contributed by atoms with E-state index in [0.717, 1.165) is 22.3 Å². The van der Waals surface area contributed by atoms with Crippen molar-refractivity contribution >= 4 is 35.4 Å². The first-order valence-corrected chi connectivity index (χ1v) is 11.8. The van der Waals surface area contributed by atoms with E-state index in [0.29, 0.717) is 10.6 Å². The van der Waals surface area contributed by atoms with Gasteiger partial charge in [-0.25, -0.2) is 14.0 Å². The summed E-state index contributed by atoms with van der Waals surface area (Å²) in [6.07, 6.45) is -0.807. The molecule has 1 atom stereocenters. The molecule has 0 aromatic heterocycles. The highest BCUT2D eigenvalue weighted by Gasteiger charge is 2.29. The molecular weight excluding hydrogens is 465 g/mol. The Morgan fingerprint density at radius 1 is 1.06 bits per heavy atom. The Morgan fingerprint density at radius 3 is 2.33 bits per heavy atom. The van der Waals surface area contributed by atoms with Gasteiger partial charge in [0.1, 0.15) is 18.5 Å². The van der Waals surface area contributed by atoms with E-state index in [9.17, 15) is 19.1 Å². The molecule has 0 fully saturated rings. The molecule has 3 aromatic carbocycles. The van der Waals surface area contributed by atoms with Crippen LogP contribution in [0.1, 0.15) is 22.6 Å². The number of thioether (sulfide) groups is 1. The lowest BCUT2D eigenvalue weighted by molar-refractivity contribution is -0.138. The third kappa shape index (κ3) is 5.31. The Morgan fingerprint density at radius 2 is 1.70 bits per heavy atom. The van der Waals surface area contributed by atoms with Crippen LogP contribution in [-0.4, -0.2) is 35.6 Å². The van der Waals surface area contributed by atoms with Crippen molar-refractivity contribution in [3.05, 3.63) is 94.3 Å². The predicted molar refractivity (Wildman–Crippen MR) is 127 cm³/mol. The summed E-state index contributed by atoms with van der Waals surface area (Å²) >= 11 is 7.07. The molecule has 1 amide bonds. The molecule has 0 saturated heterocycles. The molecule has 5 nitrogen and oxygen atoms in total. The lowest BCUT2D eigenvalue weighted by Crippen LogP contribution is -2.43. The zero-order valence-corrected chi connectivity index (χ0v) is 19.0. The van der Waals surface area contributed by atoms with Crippen LogP contribution in [0.2, 0.25) is 5.02 Å². The highest BCUT2D eigenvalue weighted by atomic mass is 35.5. The molecule has 0 bridgehead atoms. The van der Waals surface area contributed by atoms with Gasteiger partial charge in [-0.15, -0.1) is 0 Å². The number of carbonyl (C=O) groups excluding carboxylic acids is 1. The number of hydrogen-bond donors (Lipinski definition) is 2. The number of fused-ring (bicyclic) bond motifs is 3. The number of carboxylic acids is 1. The molecule has 170 valence electrons. The van der Waals surface area contributed by atoms with Crippen LogP contribution >= 0.6 is 23.4 Å². The molecule has 0 radical (unpaired) electrons. The van der Waals surface area contributed by atoms with Crippen molar-refractivity contribution in [1.82, 2.24) is 5.32 Å². The summed E-state index contributed by atoms with van der Waals surface area (Å²) in [5.41, 5.74) is 4.73. The average Bonchev–Trinajstić information content (AvgIpc) is 3.13. The van der Waals surface area contributed by atoms with Gasteiger partial charge >= 0.3 is 12.1 Å². The van der Waals surface area contributed by atoms with Gasteiger partial charge in [0.25, 0.3) is 0 Å². The highest BCUT2D eigenvalue weighted by Crippen LogP contribution is 2.44. The van der Waals surface area contributed by atoms with Crippen molar-refractivity contribution < 1.29 is 23.8 Å². The zero-order chi connectivity index (χ0) is 23.4. The molecule has 3 aromatic rings. The third-order valence-corrected chi connectivity index (χ3v) is 6.80. The molecule has 8 heteroatoms.